The minimum Gasteiger partial charge on any atom is -0.439 e. The van der Waals surface area contributed by atoms with Gasteiger partial charge in [-0.1, -0.05) is 24.3 Å². The Balaban J connectivity index is 2.13. The normalized spacial score (nSPS) is 11.3. The van der Waals surface area contributed by atoms with Crippen molar-refractivity contribution in [1.29, 1.82) is 0 Å². The largest absolute Gasteiger partial charge is 0.439 e. The molecule has 0 saturated heterocycles. The van der Waals surface area contributed by atoms with Gasteiger partial charge in [-0.15, -0.1) is 0 Å². The van der Waals surface area contributed by atoms with E-state index in [1.807, 2.05) is 6.07 Å². The summed E-state index contributed by atoms with van der Waals surface area (Å²) in [5, 5.41) is 0. The highest BCUT2D eigenvalue weighted by Crippen LogP contribution is 2.24. The fourth-order valence-corrected chi connectivity index (χ4v) is 1.34. The summed E-state index contributed by atoms with van der Waals surface area (Å²) in [6.45, 7) is 0. The van der Waals surface area contributed by atoms with Crippen LogP contribution < -0.4 is 4.74 Å². The Bertz CT molecular complexity index is 511. The average Bonchev–Trinajstić information content (AvgIpc) is 2.28. The molecule has 0 amide bonds. The van der Waals surface area contributed by atoms with Crippen LogP contribution in [0.4, 0.5) is 13.2 Å². The van der Waals surface area contributed by atoms with Crippen LogP contribution in [0.15, 0.2) is 48.5 Å². The van der Waals surface area contributed by atoms with Gasteiger partial charge in [-0.05, 0) is 18.2 Å². The summed E-state index contributed by atoms with van der Waals surface area (Å²) in [7, 11) is 0. The van der Waals surface area contributed by atoms with Crippen LogP contribution >= 0.6 is 0 Å². The van der Waals surface area contributed by atoms with Crippen LogP contribution in [0.5, 0.6) is 11.6 Å². The maximum absolute atomic E-state index is 12.2. The van der Waals surface area contributed by atoms with E-state index in [0.29, 0.717) is 5.75 Å². The minimum atomic E-state index is -4.39. The van der Waals surface area contributed by atoms with Gasteiger partial charge >= 0.3 is 6.18 Å². The smallest absolute Gasteiger partial charge is 0.398 e. The lowest BCUT2D eigenvalue weighted by Crippen LogP contribution is -2.10. The van der Waals surface area contributed by atoms with Crippen LogP contribution in [-0.4, -0.2) is 11.2 Å². The van der Waals surface area contributed by atoms with Crippen LogP contribution in [0, 0.1) is 6.42 Å². The van der Waals surface area contributed by atoms with Crippen molar-refractivity contribution in [3.05, 3.63) is 60.6 Å². The molecule has 0 bridgehead atoms. The minimum absolute atomic E-state index is 0.124. The fourth-order valence-electron chi connectivity index (χ4n) is 1.34. The number of halogens is 3. The van der Waals surface area contributed by atoms with Gasteiger partial charge in [-0.3, -0.25) is 0 Å². The third kappa shape index (κ3) is 3.76. The molecule has 0 saturated carbocycles. The number of benzene rings is 1. The zero-order valence-electron chi connectivity index (χ0n) is 9.19. The lowest BCUT2D eigenvalue weighted by Gasteiger charge is -2.07. The summed E-state index contributed by atoms with van der Waals surface area (Å²) in [6.07, 6.45) is -4.26. The lowest BCUT2D eigenvalue weighted by molar-refractivity contribution is -0.0931. The van der Waals surface area contributed by atoms with Crippen molar-refractivity contribution in [2.45, 2.75) is 6.18 Å². The van der Waals surface area contributed by atoms with Crippen molar-refractivity contribution >= 4 is 0 Å². The topological polar surface area (TPSA) is 22.1 Å². The predicted molar refractivity (Wildman–Crippen MR) is 60.2 cm³/mol. The van der Waals surface area contributed by atoms with E-state index in [-0.39, 0.29) is 18.0 Å². The third-order valence-corrected chi connectivity index (χ3v) is 2.02. The molecule has 0 aliphatic rings. The van der Waals surface area contributed by atoms with E-state index in [9.17, 15) is 13.2 Å². The van der Waals surface area contributed by atoms with Gasteiger partial charge in [0.05, 0.1) is 5.69 Å². The molecular formula is C13H9F3NO. The molecule has 0 aliphatic heterocycles. The van der Waals surface area contributed by atoms with Crippen molar-refractivity contribution in [2.24, 2.45) is 0 Å². The molecule has 1 radical (unpaired) electrons. The third-order valence-electron chi connectivity index (χ3n) is 2.02. The molecule has 18 heavy (non-hydrogen) atoms. The quantitative estimate of drug-likeness (QED) is 0.824. The molecule has 2 rings (SSSR count). The highest BCUT2D eigenvalue weighted by Gasteiger charge is 2.29. The van der Waals surface area contributed by atoms with Gasteiger partial charge < -0.3 is 4.74 Å². The van der Waals surface area contributed by atoms with Crippen LogP contribution in [0.2, 0.25) is 0 Å². The summed E-state index contributed by atoms with van der Waals surface area (Å²) < 4.78 is 41.8. The SMILES string of the molecule is FC(F)(F)[CH]c1cccc(Oc2ccccc2)n1. The Morgan fingerprint density at radius 1 is 0.944 bits per heavy atom. The second kappa shape index (κ2) is 5.08. The van der Waals surface area contributed by atoms with Crippen molar-refractivity contribution in [1.82, 2.24) is 4.98 Å². The Labute approximate surface area is 102 Å². The summed E-state index contributed by atoms with van der Waals surface area (Å²) in [4.78, 5) is 3.76. The zero-order chi connectivity index (χ0) is 13.0. The molecule has 2 aromatic rings. The molecule has 5 heteroatoms. The maximum Gasteiger partial charge on any atom is 0.398 e. The standard InChI is InChI=1S/C13H9F3NO/c14-13(15,16)9-10-5-4-8-12(17-10)18-11-6-2-1-3-7-11/h1-9H. The van der Waals surface area contributed by atoms with Gasteiger partial charge in [0.25, 0.3) is 0 Å². The number of nitrogens with zero attached hydrogens (tertiary/aromatic N) is 1. The number of ether oxygens (including phenoxy) is 1. The van der Waals surface area contributed by atoms with Crippen molar-refractivity contribution in [2.75, 3.05) is 0 Å². The molecule has 0 aliphatic carbocycles. The molecule has 2 nitrogen and oxygen atoms in total. The average molecular weight is 252 g/mol. The van der Waals surface area contributed by atoms with Crippen LogP contribution in [0.1, 0.15) is 5.69 Å². The first-order valence-electron chi connectivity index (χ1n) is 5.15. The summed E-state index contributed by atoms with van der Waals surface area (Å²) in [5.41, 5.74) is -0.184. The Kier molecular flexibility index (Phi) is 3.50. The maximum atomic E-state index is 12.2. The first kappa shape index (κ1) is 12.4. The Hall–Kier alpha value is -2.04. The number of alkyl halides is 3. The monoisotopic (exact) mass is 252 g/mol. The highest BCUT2D eigenvalue weighted by atomic mass is 19.4. The number of hydrogen-bond acceptors (Lipinski definition) is 2. The second-order valence-corrected chi connectivity index (χ2v) is 3.50. The molecule has 1 heterocycles. The number of hydrogen-bond donors (Lipinski definition) is 0. The number of para-hydroxylation sites is 1. The van der Waals surface area contributed by atoms with Crippen molar-refractivity contribution < 1.29 is 17.9 Å². The van der Waals surface area contributed by atoms with E-state index < -0.39 is 6.18 Å². The molecule has 0 unspecified atom stereocenters. The number of pyridine rings is 1. The Morgan fingerprint density at radius 3 is 2.33 bits per heavy atom. The lowest BCUT2D eigenvalue weighted by atomic mass is 10.2. The van der Waals surface area contributed by atoms with E-state index in [1.54, 1.807) is 24.3 Å². The first-order chi connectivity index (χ1) is 8.53. The fraction of sp³-hybridized carbons (Fsp3) is 0.0769. The molecule has 1 aromatic carbocycles. The molecule has 93 valence electrons. The number of aromatic nitrogens is 1. The molecule has 0 spiro atoms. The zero-order valence-corrected chi connectivity index (χ0v) is 9.19. The van der Waals surface area contributed by atoms with Gasteiger partial charge in [0.2, 0.25) is 5.88 Å². The molecular weight excluding hydrogens is 243 g/mol. The van der Waals surface area contributed by atoms with Crippen molar-refractivity contribution in [3.8, 4) is 11.6 Å². The van der Waals surface area contributed by atoms with Crippen LogP contribution in [0.25, 0.3) is 0 Å². The van der Waals surface area contributed by atoms with Gasteiger partial charge in [0, 0.05) is 6.07 Å². The van der Waals surface area contributed by atoms with E-state index >= 15 is 0 Å². The number of rotatable bonds is 3. The predicted octanol–water partition coefficient (Wildman–Crippen LogP) is 3.99. The second-order valence-electron chi connectivity index (χ2n) is 3.50. The highest BCUT2D eigenvalue weighted by molar-refractivity contribution is 5.28. The van der Waals surface area contributed by atoms with E-state index in [1.165, 1.54) is 18.2 Å². The van der Waals surface area contributed by atoms with Crippen LogP contribution in [-0.2, 0) is 0 Å². The summed E-state index contributed by atoms with van der Waals surface area (Å²) in [6, 6.07) is 13.0. The van der Waals surface area contributed by atoms with Gasteiger partial charge in [0.1, 0.15) is 12.2 Å². The Morgan fingerprint density at radius 2 is 1.67 bits per heavy atom. The van der Waals surface area contributed by atoms with Gasteiger partial charge in [-0.25, -0.2) is 4.98 Å². The first-order valence-corrected chi connectivity index (χ1v) is 5.15. The van der Waals surface area contributed by atoms with E-state index in [2.05, 4.69) is 4.98 Å². The van der Waals surface area contributed by atoms with E-state index in [4.69, 9.17) is 4.74 Å². The molecule has 0 N–H and O–H groups in total. The van der Waals surface area contributed by atoms with E-state index in [0.717, 1.165) is 0 Å². The summed E-state index contributed by atoms with van der Waals surface area (Å²) >= 11 is 0. The summed E-state index contributed by atoms with van der Waals surface area (Å²) in [5.74, 6) is 0.647. The molecule has 0 fully saturated rings. The van der Waals surface area contributed by atoms with Crippen LogP contribution in [0.3, 0.4) is 0 Å². The van der Waals surface area contributed by atoms with Gasteiger partial charge in [0.15, 0.2) is 0 Å². The van der Waals surface area contributed by atoms with Gasteiger partial charge in [-0.2, -0.15) is 13.2 Å². The van der Waals surface area contributed by atoms with Crippen molar-refractivity contribution in [3.63, 3.8) is 0 Å². The molecule has 0 atom stereocenters. The molecule has 1 aromatic heterocycles.